The van der Waals surface area contributed by atoms with Gasteiger partial charge in [0.05, 0.1) is 13.2 Å². The maximum Gasteiger partial charge on any atom is 0.222 e. The standard InChI is InChI=1S/C15H21FN2O2.ClH/c1-10(13-8-11(16)5-6-14(13)20-2)18-15(19)9-12-4-3-7-17-12;/h5-6,8,10,12,17H,3-4,7,9H2,1-2H3,(H,18,19);1H. The lowest BCUT2D eigenvalue weighted by atomic mass is 10.1. The topological polar surface area (TPSA) is 50.4 Å². The molecule has 21 heavy (non-hydrogen) atoms. The predicted octanol–water partition coefficient (Wildman–Crippen LogP) is 2.58. The molecule has 0 radical (unpaired) electrons. The van der Waals surface area contributed by atoms with E-state index in [0.717, 1.165) is 19.4 Å². The number of ether oxygens (including phenoxy) is 1. The lowest BCUT2D eigenvalue weighted by Crippen LogP contribution is -2.33. The molecule has 0 bridgehead atoms. The number of halogens is 2. The highest BCUT2D eigenvalue weighted by molar-refractivity contribution is 5.85. The van der Waals surface area contributed by atoms with E-state index in [1.165, 1.54) is 19.2 Å². The highest BCUT2D eigenvalue weighted by Crippen LogP contribution is 2.26. The largest absolute Gasteiger partial charge is 0.496 e. The summed E-state index contributed by atoms with van der Waals surface area (Å²) >= 11 is 0. The Balaban J connectivity index is 0.00000220. The van der Waals surface area contributed by atoms with Crippen molar-refractivity contribution < 1.29 is 13.9 Å². The van der Waals surface area contributed by atoms with Crippen LogP contribution < -0.4 is 15.4 Å². The lowest BCUT2D eigenvalue weighted by Gasteiger charge is -2.18. The van der Waals surface area contributed by atoms with E-state index in [1.54, 1.807) is 6.07 Å². The van der Waals surface area contributed by atoms with Crippen molar-refractivity contribution in [3.05, 3.63) is 29.6 Å². The third kappa shape index (κ3) is 4.86. The molecule has 1 saturated heterocycles. The summed E-state index contributed by atoms with van der Waals surface area (Å²) < 4.78 is 18.5. The van der Waals surface area contributed by atoms with Gasteiger partial charge >= 0.3 is 0 Å². The van der Waals surface area contributed by atoms with Crippen molar-refractivity contribution in [3.8, 4) is 5.75 Å². The van der Waals surface area contributed by atoms with Crippen molar-refractivity contribution in [1.82, 2.24) is 10.6 Å². The molecule has 1 aromatic rings. The summed E-state index contributed by atoms with van der Waals surface area (Å²) in [6.07, 6.45) is 2.61. The molecule has 2 unspecified atom stereocenters. The molecular weight excluding hydrogens is 295 g/mol. The zero-order valence-corrected chi connectivity index (χ0v) is 13.1. The molecule has 1 aliphatic rings. The summed E-state index contributed by atoms with van der Waals surface area (Å²) in [5, 5.41) is 6.19. The first-order chi connectivity index (χ1) is 9.60. The van der Waals surface area contributed by atoms with Crippen LogP contribution >= 0.6 is 12.4 Å². The van der Waals surface area contributed by atoms with Crippen LogP contribution in [0, 0.1) is 5.82 Å². The Morgan fingerprint density at radius 3 is 2.95 bits per heavy atom. The Morgan fingerprint density at radius 1 is 1.57 bits per heavy atom. The van der Waals surface area contributed by atoms with E-state index in [9.17, 15) is 9.18 Å². The van der Waals surface area contributed by atoms with Crippen LogP contribution in [0.25, 0.3) is 0 Å². The average molecular weight is 317 g/mol. The maximum atomic E-state index is 13.3. The average Bonchev–Trinajstić information content (AvgIpc) is 2.91. The predicted molar refractivity (Wildman–Crippen MR) is 82.4 cm³/mol. The minimum absolute atomic E-state index is 0. The fraction of sp³-hybridized carbons (Fsp3) is 0.533. The van der Waals surface area contributed by atoms with E-state index in [0.29, 0.717) is 17.7 Å². The third-order valence-corrected chi connectivity index (χ3v) is 3.63. The van der Waals surface area contributed by atoms with Crippen molar-refractivity contribution in [2.24, 2.45) is 0 Å². The molecule has 0 saturated carbocycles. The molecule has 0 aromatic heterocycles. The minimum atomic E-state index is -0.334. The summed E-state index contributed by atoms with van der Waals surface area (Å²) in [7, 11) is 1.54. The molecule has 4 nitrogen and oxygen atoms in total. The second-order valence-electron chi connectivity index (χ2n) is 5.17. The van der Waals surface area contributed by atoms with E-state index in [2.05, 4.69) is 10.6 Å². The van der Waals surface area contributed by atoms with E-state index < -0.39 is 0 Å². The number of methoxy groups -OCH3 is 1. The van der Waals surface area contributed by atoms with Gasteiger partial charge in [-0.15, -0.1) is 12.4 Å². The summed E-state index contributed by atoms with van der Waals surface area (Å²) in [6.45, 7) is 2.81. The van der Waals surface area contributed by atoms with Gasteiger partial charge in [-0.3, -0.25) is 4.79 Å². The van der Waals surface area contributed by atoms with Gasteiger partial charge in [-0.25, -0.2) is 4.39 Å². The smallest absolute Gasteiger partial charge is 0.222 e. The molecule has 0 spiro atoms. The van der Waals surface area contributed by atoms with Gasteiger partial charge in [0.1, 0.15) is 11.6 Å². The second kappa shape index (κ2) is 8.20. The number of benzene rings is 1. The van der Waals surface area contributed by atoms with Gasteiger partial charge in [0.15, 0.2) is 0 Å². The molecule has 1 amide bonds. The van der Waals surface area contributed by atoms with Crippen molar-refractivity contribution in [2.75, 3.05) is 13.7 Å². The Labute approximate surface area is 130 Å². The number of hydrogen-bond donors (Lipinski definition) is 2. The zero-order valence-electron chi connectivity index (χ0n) is 12.3. The number of amides is 1. The van der Waals surface area contributed by atoms with Gasteiger partial charge in [0.25, 0.3) is 0 Å². The number of hydrogen-bond acceptors (Lipinski definition) is 3. The Bertz CT molecular complexity index is 479. The molecule has 1 aliphatic heterocycles. The maximum absolute atomic E-state index is 13.3. The van der Waals surface area contributed by atoms with Crippen LogP contribution in [0.5, 0.6) is 5.75 Å². The molecular formula is C15H22ClFN2O2. The quantitative estimate of drug-likeness (QED) is 0.878. The Hall–Kier alpha value is -1.33. The summed E-state index contributed by atoms with van der Waals surface area (Å²) in [5.41, 5.74) is 0.653. The Kier molecular flexibility index (Phi) is 6.92. The van der Waals surface area contributed by atoms with Gasteiger partial charge in [-0.05, 0) is 44.5 Å². The van der Waals surface area contributed by atoms with Gasteiger partial charge in [-0.2, -0.15) is 0 Å². The summed E-state index contributed by atoms with van der Waals surface area (Å²) in [4.78, 5) is 12.0. The summed E-state index contributed by atoms with van der Waals surface area (Å²) in [6, 6.07) is 4.30. The monoisotopic (exact) mass is 316 g/mol. The van der Waals surface area contributed by atoms with E-state index >= 15 is 0 Å². The van der Waals surface area contributed by atoms with Crippen LogP contribution in [0.1, 0.15) is 37.8 Å². The second-order valence-corrected chi connectivity index (χ2v) is 5.17. The first-order valence-electron chi connectivity index (χ1n) is 6.96. The van der Waals surface area contributed by atoms with Crippen molar-refractivity contribution in [2.45, 2.75) is 38.3 Å². The molecule has 6 heteroatoms. The van der Waals surface area contributed by atoms with Crippen LogP contribution in [-0.4, -0.2) is 25.6 Å². The normalized spacial score (nSPS) is 18.7. The fourth-order valence-electron chi connectivity index (χ4n) is 2.58. The molecule has 2 rings (SSSR count). The van der Waals surface area contributed by atoms with Crippen molar-refractivity contribution in [1.29, 1.82) is 0 Å². The van der Waals surface area contributed by atoms with Gasteiger partial charge in [-0.1, -0.05) is 0 Å². The summed E-state index contributed by atoms with van der Waals surface area (Å²) in [5.74, 6) is 0.223. The van der Waals surface area contributed by atoms with Crippen LogP contribution in [0.2, 0.25) is 0 Å². The highest BCUT2D eigenvalue weighted by atomic mass is 35.5. The number of nitrogens with one attached hydrogen (secondary N) is 2. The third-order valence-electron chi connectivity index (χ3n) is 3.63. The molecule has 1 heterocycles. The van der Waals surface area contributed by atoms with Crippen LogP contribution in [0.4, 0.5) is 4.39 Å². The molecule has 1 aromatic carbocycles. The first-order valence-corrected chi connectivity index (χ1v) is 6.96. The van der Waals surface area contributed by atoms with E-state index in [1.807, 2.05) is 6.92 Å². The zero-order chi connectivity index (χ0) is 14.5. The van der Waals surface area contributed by atoms with Gasteiger partial charge in [0, 0.05) is 18.0 Å². The van der Waals surface area contributed by atoms with Crippen molar-refractivity contribution in [3.63, 3.8) is 0 Å². The van der Waals surface area contributed by atoms with Crippen LogP contribution in [0.15, 0.2) is 18.2 Å². The van der Waals surface area contributed by atoms with Gasteiger partial charge in [0.2, 0.25) is 5.91 Å². The molecule has 2 atom stereocenters. The number of rotatable bonds is 5. The molecule has 0 aliphatic carbocycles. The number of carbonyl (C=O) groups excluding carboxylic acids is 1. The van der Waals surface area contributed by atoms with Gasteiger partial charge < -0.3 is 15.4 Å². The molecule has 118 valence electrons. The van der Waals surface area contributed by atoms with Crippen molar-refractivity contribution >= 4 is 18.3 Å². The molecule has 2 N–H and O–H groups in total. The first kappa shape index (κ1) is 17.7. The van der Waals surface area contributed by atoms with Crippen LogP contribution in [0.3, 0.4) is 0 Å². The van der Waals surface area contributed by atoms with E-state index in [-0.39, 0.29) is 36.2 Å². The SMILES string of the molecule is COc1ccc(F)cc1C(C)NC(=O)CC1CCCN1.Cl. The number of carbonyl (C=O) groups is 1. The molecule has 1 fully saturated rings. The fourth-order valence-corrected chi connectivity index (χ4v) is 2.58. The van der Waals surface area contributed by atoms with Crippen LogP contribution in [-0.2, 0) is 4.79 Å². The van der Waals surface area contributed by atoms with E-state index in [4.69, 9.17) is 4.74 Å². The minimum Gasteiger partial charge on any atom is -0.496 e. The lowest BCUT2D eigenvalue weighted by molar-refractivity contribution is -0.122. The highest BCUT2D eigenvalue weighted by Gasteiger charge is 2.20. The Morgan fingerprint density at radius 2 is 2.33 bits per heavy atom.